The summed E-state index contributed by atoms with van der Waals surface area (Å²) < 4.78 is 5.68. The third-order valence-corrected chi connectivity index (χ3v) is 5.47. The number of benzene rings is 2. The van der Waals surface area contributed by atoms with E-state index in [4.69, 9.17) is 4.74 Å². The first-order chi connectivity index (χ1) is 10.2. The molecule has 3 atom stereocenters. The molecule has 1 saturated heterocycles. The highest BCUT2D eigenvalue weighted by Crippen LogP contribution is 2.37. The second-order valence-electron chi connectivity index (χ2n) is 5.95. The maximum atomic E-state index is 5.68. The zero-order valence-corrected chi connectivity index (χ0v) is 13.9. The second-order valence-corrected chi connectivity index (χ2v) is 6.93. The zero-order valence-electron chi connectivity index (χ0n) is 12.3. The van der Waals surface area contributed by atoms with Crippen molar-refractivity contribution in [3.8, 4) is 0 Å². The summed E-state index contributed by atoms with van der Waals surface area (Å²) in [7, 11) is 0. The summed E-state index contributed by atoms with van der Waals surface area (Å²) in [6, 6.07) is 19.6. The van der Waals surface area contributed by atoms with E-state index in [9.17, 15) is 0 Å². The van der Waals surface area contributed by atoms with Crippen LogP contribution in [0.4, 0.5) is 0 Å². The normalized spacial score (nSPS) is 23.1. The minimum atomic E-state index is 0.396. The van der Waals surface area contributed by atoms with E-state index in [1.807, 2.05) is 0 Å². The van der Waals surface area contributed by atoms with E-state index < -0.39 is 0 Å². The van der Waals surface area contributed by atoms with Crippen molar-refractivity contribution in [3.63, 3.8) is 0 Å². The van der Waals surface area contributed by atoms with Crippen molar-refractivity contribution in [1.82, 2.24) is 0 Å². The maximum Gasteiger partial charge on any atom is 0.0551 e. The van der Waals surface area contributed by atoms with Crippen molar-refractivity contribution in [2.24, 2.45) is 5.92 Å². The molecule has 1 fully saturated rings. The smallest absolute Gasteiger partial charge is 0.0551 e. The lowest BCUT2D eigenvalue weighted by Gasteiger charge is -2.16. The van der Waals surface area contributed by atoms with Crippen molar-refractivity contribution in [3.05, 3.63) is 71.3 Å². The van der Waals surface area contributed by atoms with Gasteiger partial charge in [0.2, 0.25) is 0 Å². The van der Waals surface area contributed by atoms with E-state index in [1.54, 1.807) is 0 Å². The van der Waals surface area contributed by atoms with Crippen molar-refractivity contribution in [2.45, 2.75) is 30.7 Å². The molecule has 3 rings (SSSR count). The van der Waals surface area contributed by atoms with Crippen LogP contribution < -0.4 is 0 Å². The van der Waals surface area contributed by atoms with Gasteiger partial charge < -0.3 is 4.74 Å². The van der Waals surface area contributed by atoms with E-state index in [-0.39, 0.29) is 0 Å². The Labute approximate surface area is 135 Å². The average molecular weight is 345 g/mol. The lowest BCUT2D eigenvalue weighted by atomic mass is 9.95. The van der Waals surface area contributed by atoms with Crippen LogP contribution in [0.3, 0.4) is 0 Å². The molecule has 2 aromatic carbocycles. The van der Waals surface area contributed by atoms with Crippen LogP contribution in [-0.2, 0) is 11.2 Å². The van der Waals surface area contributed by atoms with Gasteiger partial charge in [-0.2, -0.15) is 0 Å². The van der Waals surface area contributed by atoms with Crippen LogP contribution in [0.2, 0.25) is 0 Å². The average Bonchev–Trinajstić information content (AvgIpc) is 2.95. The minimum Gasteiger partial charge on any atom is -0.378 e. The number of hydrogen-bond acceptors (Lipinski definition) is 1. The number of rotatable bonds is 4. The maximum absolute atomic E-state index is 5.68. The highest BCUT2D eigenvalue weighted by molar-refractivity contribution is 9.09. The fourth-order valence-electron chi connectivity index (χ4n) is 2.98. The van der Waals surface area contributed by atoms with Gasteiger partial charge in [0, 0.05) is 10.7 Å². The molecule has 0 spiro atoms. The van der Waals surface area contributed by atoms with Crippen LogP contribution in [0.15, 0.2) is 54.6 Å². The SMILES string of the molecule is CC1CC(C(Br)c2ccc(Cc3ccccc3)cc2)CO1. The van der Waals surface area contributed by atoms with Gasteiger partial charge in [-0.05, 0) is 36.5 Å². The summed E-state index contributed by atoms with van der Waals surface area (Å²) in [5.74, 6) is 0.583. The van der Waals surface area contributed by atoms with Gasteiger partial charge in [-0.3, -0.25) is 0 Å². The largest absolute Gasteiger partial charge is 0.378 e. The van der Waals surface area contributed by atoms with Gasteiger partial charge in [0.25, 0.3) is 0 Å². The molecular weight excluding hydrogens is 324 g/mol. The second kappa shape index (κ2) is 6.76. The first-order valence-electron chi connectivity index (χ1n) is 7.61. The Hall–Kier alpha value is -1.12. The molecule has 3 unspecified atom stereocenters. The molecule has 2 aromatic rings. The molecular formula is C19H21BrO. The Morgan fingerprint density at radius 3 is 2.33 bits per heavy atom. The molecule has 0 saturated carbocycles. The van der Waals surface area contributed by atoms with Crippen molar-refractivity contribution >= 4 is 15.9 Å². The summed E-state index contributed by atoms with van der Waals surface area (Å²) in [5.41, 5.74) is 4.08. The van der Waals surface area contributed by atoms with Gasteiger partial charge in [0.05, 0.1) is 12.7 Å². The molecule has 1 nitrogen and oxygen atoms in total. The monoisotopic (exact) mass is 344 g/mol. The van der Waals surface area contributed by atoms with E-state index in [0.717, 1.165) is 19.4 Å². The standard InChI is InChI=1S/C19H21BrO/c1-14-11-18(13-21-14)19(20)17-9-7-16(8-10-17)12-15-5-3-2-4-6-15/h2-10,14,18-19H,11-13H2,1H3. The first kappa shape index (κ1) is 14.8. The van der Waals surface area contributed by atoms with Crippen LogP contribution in [0.25, 0.3) is 0 Å². The van der Waals surface area contributed by atoms with Crippen LogP contribution in [-0.4, -0.2) is 12.7 Å². The molecule has 1 heterocycles. The molecule has 21 heavy (non-hydrogen) atoms. The fourth-order valence-corrected chi connectivity index (χ4v) is 3.65. The number of ether oxygens (including phenoxy) is 1. The fraction of sp³-hybridized carbons (Fsp3) is 0.368. The Balaban J connectivity index is 1.66. The summed E-state index contributed by atoms with van der Waals surface area (Å²) in [5, 5.41) is 0. The summed E-state index contributed by atoms with van der Waals surface area (Å²) >= 11 is 3.85. The minimum absolute atomic E-state index is 0.396. The molecule has 0 aliphatic carbocycles. The molecule has 1 aliphatic rings. The van der Waals surface area contributed by atoms with Crippen LogP contribution in [0.1, 0.15) is 34.9 Å². The van der Waals surface area contributed by atoms with Crippen LogP contribution >= 0.6 is 15.9 Å². The highest BCUT2D eigenvalue weighted by Gasteiger charge is 2.28. The van der Waals surface area contributed by atoms with Gasteiger partial charge in [-0.15, -0.1) is 0 Å². The quantitative estimate of drug-likeness (QED) is 0.698. The predicted octanol–water partition coefficient (Wildman–Crippen LogP) is 5.14. The lowest BCUT2D eigenvalue weighted by Crippen LogP contribution is -2.07. The molecule has 2 heteroatoms. The Kier molecular flexibility index (Phi) is 4.77. The number of alkyl halides is 1. The van der Waals surface area contributed by atoms with Gasteiger partial charge in [0.1, 0.15) is 0 Å². The molecule has 1 aliphatic heterocycles. The summed E-state index contributed by atoms with van der Waals surface area (Å²) in [6.07, 6.45) is 2.53. The Morgan fingerprint density at radius 2 is 1.71 bits per heavy atom. The lowest BCUT2D eigenvalue weighted by molar-refractivity contribution is 0.120. The predicted molar refractivity (Wildman–Crippen MR) is 90.9 cm³/mol. The molecule has 0 aromatic heterocycles. The van der Waals surface area contributed by atoms with E-state index in [2.05, 4.69) is 77.5 Å². The third kappa shape index (κ3) is 3.75. The van der Waals surface area contributed by atoms with Crippen molar-refractivity contribution < 1.29 is 4.74 Å². The van der Waals surface area contributed by atoms with E-state index in [1.165, 1.54) is 16.7 Å². The van der Waals surface area contributed by atoms with Gasteiger partial charge in [-0.25, -0.2) is 0 Å². The third-order valence-electron chi connectivity index (χ3n) is 4.19. The molecule has 0 radical (unpaired) electrons. The topological polar surface area (TPSA) is 9.23 Å². The van der Waals surface area contributed by atoms with E-state index >= 15 is 0 Å². The Bertz CT molecular complexity index is 564. The molecule has 0 N–H and O–H groups in total. The van der Waals surface area contributed by atoms with Gasteiger partial charge in [0.15, 0.2) is 0 Å². The zero-order chi connectivity index (χ0) is 14.7. The van der Waals surface area contributed by atoms with Crippen LogP contribution in [0.5, 0.6) is 0 Å². The number of hydrogen-bond donors (Lipinski definition) is 0. The molecule has 0 amide bonds. The van der Waals surface area contributed by atoms with Crippen LogP contribution in [0, 0.1) is 5.92 Å². The van der Waals surface area contributed by atoms with Crippen molar-refractivity contribution in [2.75, 3.05) is 6.61 Å². The van der Waals surface area contributed by atoms with E-state index in [0.29, 0.717) is 16.8 Å². The summed E-state index contributed by atoms with van der Waals surface area (Å²) in [6.45, 7) is 3.02. The van der Waals surface area contributed by atoms with Gasteiger partial charge >= 0.3 is 0 Å². The number of halogens is 1. The molecule has 0 bridgehead atoms. The van der Waals surface area contributed by atoms with Crippen molar-refractivity contribution in [1.29, 1.82) is 0 Å². The highest BCUT2D eigenvalue weighted by atomic mass is 79.9. The Morgan fingerprint density at radius 1 is 1.05 bits per heavy atom. The summed E-state index contributed by atoms with van der Waals surface area (Å²) in [4.78, 5) is 0.397. The first-order valence-corrected chi connectivity index (χ1v) is 8.52. The molecule has 110 valence electrons. The van der Waals surface area contributed by atoms with Gasteiger partial charge in [-0.1, -0.05) is 70.5 Å².